The van der Waals surface area contributed by atoms with Crippen LogP contribution >= 0.6 is 0 Å². The monoisotopic (exact) mass is 201 g/mol. The van der Waals surface area contributed by atoms with E-state index in [-0.39, 0.29) is 5.75 Å². The first kappa shape index (κ1) is 10.9. The van der Waals surface area contributed by atoms with Gasteiger partial charge in [-0.15, -0.1) is 4.13 Å². The lowest BCUT2D eigenvalue weighted by Crippen LogP contribution is -2.31. The normalized spacial score (nSPS) is 13.3. The Morgan fingerprint density at radius 3 is 1.91 bits per heavy atom. The van der Waals surface area contributed by atoms with Crippen LogP contribution in [0.4, 0.5) is 0 Å². The highest BCUT2D eigenvalue weighted by Crippen LogP contribution is 1.90. The summed E-state index contributed by atoms with van der Waals surface area (Å²) in [5, 5.41) is 0. The van der Waals surface area contributed by atoms with Crippen molar-refractivity contribution in [3.63, 3.8) is 0 Å². The minimum atomic E-state index is -3.64. The Balaban J connectivity index is 4.40. The van der Waals surface area contributed by atoms with Crippen LogP contribution in [0.25, 0.3) is 0 Å². The van der Waals surface area contributed by atoms with Gasteiger partial charge in [-0.05, 0) is 6.42 Å². The van der Waals surface area contributed by atoms with Crippen LogP contribution in [0.1, 0.15) is 13.3 Å². The Labute approximate surface area is 66.9 Å². The molecule has 0 amide bonds. The van der Waals surface area contributed by atoms with Gasteiger partial charge in [0.1, 0.15) is 0 Å². The molecular formula is C4H11NO4S2. The summed E-state index contributed by atoms with van der Waals surface area (Å²) < 4.78 is 43.9. The van der Waals surface area contributed by atoms with Crippen molar-refractivity contribution < 1.29 is 16.8 Å². The van der Waals surface area contributed by atoms with E-state index >= 15 is 0 Å². The van der Waals surface area contributed by atoms with Crippen molar-refractivity contribution in [2.45, 2.75) is 13.3 Å². The molecule has 0 rings (SSSR count). The number of sulfonamides is 2. The lowest BCUT2D eigenvalue weighted by Gasteiger charge is -2.00. The fraction of sp³-hybridized carbons (Fsp3) is 1.00. The van der Waals surface area contributed by atoms with Gasteiger partial charge in [0.2, 0.25) is 20.0 Å². The number of hydrogen-bond donors (Lipinski definition) is 1. The maximum atomic E-state index is 10.8. The minimum Gasteiger partial charge on any atom is -0.212 e. The molecule has 0 heterocycles. The number of rotatable bonds is 4. The zero-order valence-corrected chi connectivity index (χ0v) is 8.00. The van der Waals surface area contributed by atoms with Gasteiger partial charge in [0.25, 0.3) is 0 Å². The zero-order chi connectivity index (χ0) is 9.12. The van der Waals surface area contributed by atoms with Crippen LogP contribution in [0.3, 0.4) is 0 Å². The summed E-state index contributed by atoms with van der Waals surface area (Å²) in [5.41, 5.74) is 0. The second-order valence-corrected chi connectivity index (χ2v) is 6.02. The summed E-state index contributed by atoms with van der Waals surface area (Å²) in [4.78, 5) is 0. The number of hydrogen-bond acceptors (Lipinski definition) is 4. The van der Waals surface area contributed by atoms with E-state index < -0.39 is 20.0 Å². The van der Waals surface area contributed by atoms with Crippen LogP contribution < -0.4 is 4.13 Å². The Hall–Kier alpha value is -0.140. The van der Waals surface area contributed by atoms with Gasteiger partial charge in [0.05, 0.1) is 12.0 Å². The van der Waals surface area contributed by atoms with E-state index in [1.165, 1.54) is 0 Å². The number of nitrogens with one attached hydrogen (secondary N) is 1. The molecule has 0 aliphatic rings. The smallest absolute Gasteiger partial charge is 0.212 e. The molecule has 0 saturated carbocycles. The standard InChI is InChI=1S/C4H11NO4S2/c1-3-4-11(8,9)5-10(2,6)7/h5H,3-4H2,1-2H3. The van der Waals surface area contributed by atoms with E-state index in [1.54, 1.807) is 11.1 Å². The van der Waals surface area contributed by atoms with Crippen molar-refractivity contribution in [2.24, 2.45) is 0 Å². The van der Waals surface area contributed by atoms with E-state index in [0.717, 1.165) is 6.26 Å². The second kappa shape index (κ2) is 3.51. The van der Waals surface area contributed by atoms with Crippen molar-refractivity contribution in [1.29, 1.82) is 0 Å². The highest BCUT2D eigenvalue weighted by Gasteiger charge is 2.14. The first-order valence-electron chi connectivity index (χ1n) is 2.98. The molecule has 11 heavy (non-hydrogen) atoms. The Morgan fingerprint density at radius 1 is 1.18 bits per heavy atom. The van der Waals surface area contributed by atoms with E-state index in [0.29, 0.717) is 6.42 Å². The fourth-order valence-corrected chi connectivity index (χ4v) is 3.26. The summed E-state index contributed by atoms with van der Waals surface area (Å²) in [6.45, 7) is 1.65. The molecule has 0 aliphatic carbocycles. The Bertz CT molecular complexity index is 301. The van der Waals surface area contributed by atoms with Crippen molar-refractivity contribution in [1.82, 2.24) is 4.13 Å². The molecule has 0 fully saturated rings. The van der Waals surface area contributed by atoms with Crippen molar-refractivity contribution in [3.8, 4) is 0 Å². The first-order valence-corrected chi connectivity index (χ1v) is 6.52. The van der Waals surface area contributed by atoms with Crippen molar-refractivity contribution in [3.05, 3.63) is 0 Å². The van der Waals surface area contributed by atoms with E-state index in [4.69, 9.17) is 0 Å². The van der Waals surface area contributed by atoms with Crippen molar-refractivity contribution >= 4 is 20.0 Å². The third-order valence-electron chi connectivity index (χ3n) is 0.751. The molecule has 0 atom stereocenters. The maximum absolute atomic E-state index is 10.8. The molecule has 5 nitrogen and oxygen atoms in total. The van der Waals surface area contributed by atoms with Gasteiger partial charge in [-0.3, -0.25) is 0 Å². The Kier molecular flexibility index (Phi) is 3.46. The van der Waals surface area contributed by atoms with Gasteiger partial charge in [-0.2, -0.15) is 0 Å². The maximum Gasteiger partial charge on any atom is 0.224 e. The molecule has 0 saturated heterocycles. The van der Waals surface area contributed by atoms with E-state index in [9.17, 15) is 16.8 Å². The van der Waals surface area contributed by atoms with E-state index in [2.05, 4.69) is 0 Å². The second-order valence-electron chi connectivity index (χ2n) is 2.17. The fourth-order valence-electron chi connectivity index (χ4n) is 0.541. The lowest BCUT2D eigenvalue weighted by atomic mass is 10.6. The molecule has 0 aromatic carbocycles. The first-order chi connectivity index (χ1) is 4.77. The predicted octanol–water partition coefficient (Wildman–Crippen LogP) is -0.725. The SMILES string of the molecule is CCCS(=O)(=O)NS(C)(=O)=O. The summed E-state index contributed by atoms with van der Waals surface area (Å²) in [6.07, 6.45) is 1.20. The van der Waals surface area contributed by atoms with Gasteiger partial charge < -0.3 is 0 Å². The summed E-state index contributed by atoms with van der Waals surface area (Å²) >= 11 is 0. The topological polar surface area (TPSA) is 80.3 Å². The van der Waals surface area contributed by atoms with Crippen LogP contribution in [-0.2, 0) is 20.0 Å². The van der Waals surface area contributed by atoms with Gasteiger partial charge in [-0.1, -0.05) is 6.92 Å². The average Bonchev–Trinajstić information content (AvgIpc) is 1.55. The molecular weight excluding hydrogens is 190 g/mol. The summed E-state index contributed by atoms with van der Waals surface area (Å²) in [5.74, 6) is -0.167. The van der Waals surface area contributed by atoms with Crippen LogP contribution in [0.2, 0.25) is 0 Å². The third-order valence-corrected chi connectivity index (χ3v) is 3.92. The highest BCUT2D eigenvalue weighted by atomic mass is 32.3. The van der Waals surface area contributed by atoms with Gasteiger partial charge in [0.15, 0.2) is 0 Å². The molecule has 0 aromatic heterocycles. The lowest BCUT2D eigenvalue weighted by molar-refractivity contribution is 0.579. The average molecular weight is 201 g/mol. The Morgan fingerprint density at radius 2 is 1.64 bits per heavy atom. The molecule has 0 unspecified atom stereocenters. The molecule has 0 radical (unpaired) electrons. The quantitative estimate of drug-likeness (QED) is 0.650. The molecule has 0 bridgehead atoms. The largest absolute Gasteiger partial charge is 0.224 e. The molecule has 7 heteroatoms. The molecule has 68 valence electrons. The third kappa shape index (κ3) is 6.27. The van der Waals surface area contributed by atoms with Crippen LogP contribution in [0.5, 0.6) is 0 Å². The zero-order valence-electron chi connectivity index (χ0n) is 6.36. The van der Waals surface area contributed by atoms with Crippen molar-refractivity contribution in [2.75, 3.05) is 12.0 Å². The van der Waals surface area contributed by atoms with Crippen LogP contribution in [-0.4, -0.2) is 28.8 Å². The van der Waals surface area contributed by atoms with Gasteiger partial charge in [-0.25, -0.2) is 16.8 Å². The molecule has 0 spiro atoms. The van der Waals surface area contributed by atoms with Crippen LogP contribution in [0.15, 0.2) is 0 Å². The predicted molar refractivity (Wildman–Crippen MR) is 42.1 cm³/mol. The molecule has 0 aromatic rings. The van der Waals surface area contributed by atoms with Gasteiger partial charge >= 0.3 is 0 Å². The van der Waals surface area contributed by atoms with Crippen LogP contribution in [0, 0.1) is 0 Å². The molecule has 1 N–H and O–H groups in total. The van der Waals surface area contributed by atoms with Gasteiger partial charge in [0, 0.05) is 0 Å². The highest BCUT2D eigenvalue weighted by molar-refractivity contribution is 8.04. The molecule has 0 aliphatic heterocycles. The summed E-state index contributed by atoms with van der Waals surface area (Å²) in [7, 11) is -7.27. The minimum absolute atomic E-state index is 0.167. The van der Waals surface area contributed by atoms with E-state index in [1.807, 2.05) is 0 Å². The summed E-state index contributed by atoms with van der Waals surface area (Å²) in [6, 6.07) is 0.